The lowest BCUT2D eigenvalue weighted by Gasteiger charge is -2.33. The molecule has 2 fully saturated rings. The monoisotopic (exact) mass is 813 g/mol. The van der Waals surface area contributed by atoms with Crippen molar-refractivity contribution in [2.75, 3.05) is 24.6 Å². The van der Waals surface area contributed by atoms with E-state index < -0.39 is 31.0 Å². The predicted octanol–water partition coefficient (Wildman–Crippen LogP) is 8.22. The highest BCUT2D eigenvalue weighted by Gasteiger charge is 2.29. The summed E-state index contributed by atoms with van der Waals surface area (Å²) < 4.78 is 67.0. The number of piperidine rings is 1. The molecule has 57 heavy (non-hydrogen) atoms. The number of hydrogen-bond donors (Lipinski definition) is 0. The Morgan fingerprint density at radius 2 is 1.54 bits per heavy atom. The second kappa shape index (κ2) is 15.8. The molecule has 0 aliphatic carbocycles. The third-order valence-corrected chi connectivity index (χ3v) is 14.5. The minimum Gasteiger partial charge on any atom is -0.457 e. The van der Waals surface area contributed by atoms with Crippen LogP contribution in [0.5, 0.6) is 11.5 Å². The van der Waals surface area contributed by atoms with Crippen LogP contribution >= 0.6 is 0 Å². The van der Waals surface area contributed by atoms with E-state index in [9.17, 15) is 26.4 Å². The Balaban J connectivity index is 1.16. The van der Waals surface area contributed by atoms with Gasteiger partial charge in [-0.25, -0.2) is 25.6 Å². The van der Waals surface area contributed by atoms with Gasteiger partial charge in [0.25, 0.3) is 15.6 Å². The first-order valence-electron chi connectivity index (χ1n) is 19.6. The van der Waals surface area contributed by atoms with Crippen LogP contribution in [0.25, 0.3) is 22.0 Å². The van der Waals surface area contributed by atoms with Crippen molar-refractivity contribution < 1.29 is 31.1 Å². The number of aryl methyl sites for hydroxylation is 3. The van der Waals surface area contributed by atoms with E-state index >= 15 is 0 Å². The molecule has 0 bridgehead atoms. The summed E-state index contributed by atoms with van der Waals surface area (Å²) in [6.45, 7) is 8.91. The van der Waals surface area contributed by atoms with Crippen molar-refractivity contribution in [2.45, 2.75) is 82.6 Å². The summed E-state index contributed by atoms with van der Waals surface area (Å²) in [5.74, 6) is 1.90. The Labute approximate surface area is 335 Å². The summed E-state index contributed by atoms with van der Waals surface area (Å²) in [4.78, 5) is 28.1. The molecule has 0 saturated carbocycles. The molecule has 4 heterocycles. The van der Waals surface area contributed by atoms with Crippen molar-refractivity contribution in [1.29, 1.82) is 0 Å². The molecule has 2 aromatic heterocycles. The molecule has 0 unspecified atom stereocenters. The molecule has 13 heteroatoms. The summed E-state index contributed by atoms with van der Waals surface area (Å²) in [6, 6.07) is 22.0. The fourth-order valence-corrected chi connectivity index (χ4v) is 10.7. The van der Waals surface area contributed by atoms with Gasteiger partial charge in [0.1, 0.15) is 32.5 Å². The van der Waals surface area contributed by atoms with E-state index in [1.807, 2.05) is 58.0 Å². The number of aromatic nitrogens is 2. The SMILES string of the molecule is Cc1ccc(S(=O)(=O)n2ccc3c(-c4cc(C5CCS(=O)(=O)CC5)ccc4Oc4ccc(CCC5CCN(C(=O)OC(C)(C)C)CC5)cc4)cn(C)c(=O)c32)cc1. The lowest BCUT2D eigenvalue weighted by molar-refractivity contribution is 0.0181. The fourth-order valence-electron chi connectivity index (χ4n) is 7.85. The Hall–Kier alpha value is -4.88. The molecule has 0 spiro atoms. The van der Waals surface area contributed by atoms with E-state index in [4.69, 9.17) is 9.47 Å². The van der Waals surface area contributed by atoms with Crippen LogP contribution in [0.4, 0.5) is 4.79 Å². The van der Waals surface area contributed by atoms with Gasteiger partial charge in [0.15, 0.2) is 0 Å². The van der Waals surface area contributed by atoms with Gasteiger partial charge in [-0.2, -0.15) is 0 Å². The van der Waals surface area contributed by atoms with Crippen molar-refractivity contribution in [2.24, 2.45) is 13.0 Å². The minimum absolute atomic E-state index is 0.0136. The average molecular weight is 814 g/mol. The van der Waals surface area contributed by atoms with Crippen LogP contribution in [0.3, 0.4) is 0 Å². The molecule has 0 N–H and O–H groups in total. The number of ether oxygens (including phenoxy) is 2. The van der Waals surface area contributed by atoms with Gasteiger partial charge < -0.3 is 18.9 Å². The van der Waals surface area contributed by atoms with Crippen LogP contribution in [-0.2, 0) is 38.1 Å². The van der Waals surface area contributed by atoms with Crippen molar-refractivity contribution in [3.05, 3.63) is 112 Å². The molecule has 11 nitrogen and oxygen atoms in total. The summed E-state index contributed by atoms with van der Waals surface area (Å²) in [5, 5.41) is 0.453. The van der Waals surface area contributed by atoms with Gasteiger partial charge in [0.2, 0.25) is 0 Å². The van der Waals surface area contributed by atoms with Crippen LogP contribution < -0.4 is 10.3 Å². The van der Waals surface area contributed by atoms with Crippen LogP contribution in [0.15, 0.2) is 94.9 Å². The number of likely N-dealkylation sites (tertiary alicyclic amines) is 1. The zero-order valence-corrected chi connectivity index (χ0v) is 34.9. The predicted molar refractivity (Wildman–Crippen MR) is 222 cm³/mol. The first-order valence-corrected chi connectivity index (χ1v) is 22.9. The lowest BCUT2D eigenvalue weighted by Crippen LogP contribution is -2.41. The maximum absolute atomic E-state index is 13.9. The first kappa shape index (κ1) is 40.3. The summed E-state index contributed by atoms with van der Waals surface area (Å²) in [7, 11) is -5.59. The topological polar surface area (TPSA) is 134 Å². The minimum atomic E-state index is -4.11. The molecule has 3 aromatic carbocycles. The Kier molecular flexibility index (Phi) is 11.2. The Morgan fingerprint density at radius 3 is 2.19 bits per heavy atom. The maximum Gasteiger partial charge on any atom is 0.410 e. The highest BCUT2D eigenvalue weighted by atomic mass is 32.2. The highest BCUT2D eigenvalue weighted by molar-refractivity contribution is 7.91. The quantitative estimate of drug-likeness (QED) is 0.145. The molecular formula is C44H51N3O8S2. The van der Waals surface area contributed by atoms with Gasteiger partial charge in [-0.3, -0.25) is 4.79 Å². The number of pyridine rings is 1. The van der Waals surface area contributed by atoms with Gasteiger partial charge in [-0.1, -0.05) is 35.9 Å². The highest BCUT2D eigenvalue weighted by Crippen LogP contribution is 2.41. The maximum atomic E-state index is 13.9. The number of hydrogen-bond acceptors (Lipinski definition) is 8. The van der Waals surface area contributed by atoms with Gasteiger partial charge in [0, 0.05) is 49.0 Å². The summed E-state index contributed by atoms with van der Waals surface area (Å²) in [6.07, 6.45) is 7.66. The van der Waals surface area contributed by atoms with Crippen LogP contribution in [0, 0.1) is 12.8 Å². The number of nitrogens with zero attached hydrogens (tertiary/aromatic N) is 3. The van der Waals surface area contributed by atoms with E-state index in [0.717, 1.165) is 40.8 Å². The largest absolute Gasteiger partial charge is 0.457 e. The smallest absolute Gasteiger partial charge is 0.410 e. The number of rotatable bonds is 9. The molecule has 2 aliphatic heterocycles. The zero-order valence-electron chi connectivity index (χ0n) is 33.2. The Bertz CT molecular complexity index is 2550. The second-order valence-electron chi connectivity index (χ2n) is 16.5. The normalized spacial score (nSPS) is 16.8. The molecule has 2 aliphatic rings. The average Bonchev–Trinajstić information content (AvgIpc) is 3.63. The molecule has 2 saturated heterocycles. The van der Waals surface area contributed by atoms with Crippen molar-refractivity contribution in [3.8, 4) is 22.6 Å². The molecule has 0 radical (unpaired) electrons. The van der Waals surface area contributed by atoms with Crippen molar-refractivity contribution >= 4 is 36.9 Å². The van der Waals surface area contributed by atoms with Gasteiger partial charge in [0.05, 0.1) is 16.4 Å². The van der Waals surface area contributed by atoms with Crippen molar-refractivity contribution in [3.63, 3.8) is 0 Å². The number of carbonyl (C=O) groups excluding carboxylic acids is 1. The number of carbonyl (C=O) groups is 1. The van der Waals surface area contributed by atoms with E-state index in [1.165, 1.54) is 28.5 Å². The van der Waals surface area contributed by atoms with Crippen LogP contribution in [0.1, 0.15) is 75.5 Å². The number of benzene rings is 3. The third kappa shape index (κ3) is 8.99. The molecule has 302 valence electrons. The van der Waals surface area contributed by atoms with E-state index in [2.05, 4.69) is 12.1 Å². The molecule has 1 amide bonds. The van der Waals surface area contributed by atoms with Crippen LogP contribution in [-0.4, -0.2) is 66.6 Å². The van der Waals surface area contributed by atoms with E-state index in [-0.39, 0.29) is 33.9 Å². The fraction of sp³-hybridized carbons (Fsp3) is 0.409. The number of amides is 1. The zero-order chi connectivity index (χ0) is 40.7. The molecule has 5 aromatic rings. The van der Waals surface area contributed by atoms with Crippen molar-refractivity contribution in [1.82, 2.24) is 13.4 Å². The van der Waals surface area contributed by atoms with Gasteiger partial charge in [-0.15, -0.1) is 0 Å². The standard InChI is InChI=1S/C44H51N3O8S2/c1-30-6-15-36(16-7-30)57(52,53)47-25-20-37-39(29-45(5)42(48)41(37)47)38-28-34(33-21-26-56(50,51)27-22-33)12-17-40(38)54-35-13-10-31(11-14-35)8-9-32-18-23-46(24-19-32)43(49)55-44(2,3)4/h6-7,10-17,20,25,28-29,32-33H,8-9,18-19,21-24,26-27H2,1-5H3. The number of sulfone groups is 1. The van der Waals surface area contributed by atoms with Gasteiger partial charge >= 0.3 is 6.09 Å². The van der Waals surface area contributed by atoms with E-state index in [1.54, 1.807) is 36.3 Å². The third-order valence-electron chi connectivity index (χ3n) is 11.1. The lowest BCUT2D eigenvalue weighted by atomic mass is 9.90. The van der Waals surface area contributed by atoms with E-state index in [0.29, 0.717) is 59.9 Å². The summed E-state index contributed by atoms with van der Waals surface area (Å²) in [5.41, 5.74) is 3.37. The molecule has 7 rings (SSSR count). The second-order valence-corrected chi connectivity index (χ2v) is 20.6. The summed E-state index contributed by atoms with van der Waals surface area (Å²) >= 11 is 0. The van der Waals surface area contributed by atoms with Crippen LogP contribution in [0.2, 0.25) is 0 Å². The Morgan fingerprint density at radius 1 is 0.877 bits per heavy atom. The number of fused-ring (bicyclic) bond motifs is 1. The molecule has 0 atom stereocenters. The molecular weight excluding hydrogens is 763 g/mol. The van der Waals surface area contributed by atoms with Gasteiger partial charge in [-0.05, 0) is 132 Å². The first-order chi connectivity index (χ1) is 27.0.